The second-order valence-corrected chi connectivity index (χ2v) is 8.01. The number of carbonyl (C=O) groups is 1. The Bertz CT molecular complexity index is 719. The quantitative estimate of drug-likeness (QED) is 0.181. The van der Waals surface area contributed by atoms with E-state index in [2.05, 4.69) is 20.8 Å². The predicted octanol–water partition coefficient (Wildman–Crippen LogP) is 7.77. The van der Waals surface area contributed by atoms with Gasteiger partial charge in [0.05, 0.1) is 11.7 Å². The molecule has 0 heterocycles. The first-order valence-corrected chi connectivity index (χ1v) is 11.7. The van der Waals surface area contributed by atoms with Gasteiger partial charge in [0.2, 0.25) is 0 Å². The maximum atomic E-state index is 12.4. The highest BCUT2D eigenvalue weighted by atomic mass is 16.5. The molecular weight excluding hydrogens is 372 g/mol. The SMILES string of the molecule is CCCCCCC(CC)Oc1ccc(C(=O)Oc2ccc(CCCCC)cc2)cc1. The standard InChI is InChI=1S/C27H38O3/c1-4-7-9-11-13-24(6-3)29-25-20-16-23(17-21-25)27(28)30-26-18-14-22(15-19-26)12-10-8-5-2/h14-21,24H,4-13H2,1-3H3. The summed E-state index contributed by atoms with van der Waals surface area (Å²) in [7, 11) is 0. The fourth-order valence-corrected chi connectivity index (χ4v) is 3.48. The van der Waals surface area contributed by atoms with Crippen LogP contribution < -0.4 is 9.47 Å². The van der Waals surface area contributed by atoms with Gasteiger partial charge in [-0.3, -0.25) is 0 Å². The average molecular weight is 411 g/mol. The van der Waals surface area contributed by atoms with Crippen molar-refractivity contribution >= 4 is 5.97 Å². The minimum absolute atomic E-state index is 0.232. The van der Waals surface area contributed by atoms with Gasteiger partial charge in [-0.15, -0.1) is 0 Å². The maximum absolute atomic E-state index is 12.4. The van der Waals surface area contributed by atoms with Gasteiger partial charge in [-0.2, -0.15) is 0 Å². The third-order valence-electron chi connectivity index (χ3n) is 5.43. The Kier molecular flexibility index (Phi) is 11.1. The molecule has 30 heavy (non-hydrogen) atoms. The molecule has 1 atom stereocenters. The molecule has 0 radical (unpaired) electrons. The van der Waals surface area contributed by atoms with Crippen molar-refractivity contribution in [1.82, 2.24) is 0 Å². The van der Waals surface area contributed by atoms with Crippen molar-refractivity contribution in [2.75, 3.05) is 0 Å². The number of esters is 1. The van der Waals surface area contributed by atoms with Gasteiger partial charge in [0, 0.05) is 0 Å². The van der Waals surface area contributed by atoms with Crippen LogP contribution >= 0.6 is 0 Å². The Morgan fingerprint density at radius 3 is 2.03 bits per heavy atom. The average Bonchev–Trinajstić information content (AvgIpc) is 2.77. The molecule has 0 aliphatic rings. The van der Waals surface area contributed by atoms with Gasteiger partial charge in [-0.25, -0.2) is 4.79 Å². The van der Waals surface area contributed by atoms with Crippen LogP contribution in [-0.4, -0.2) is 12.1 Å². The molecule has 2 rings (SSSR count). The summed E-state index contributed by atoms with van der Waals surface area (Å²) in [5.41, 5.74) is 1.82. The molecule has 0 saturated heterocycles. The van der Waals surface area contributed by atoms with Crippen LogP contribution in [-0.2, 0) is 6.42 Å². The normalized spacial score (nSPS) is 11.8. The molecular formula is C27H38O3. The van der Waals surface area contributed by atoms with E-state index in [1.54, 1.807) is 12.1 Å². The van der Waals surface area contributed by atoms with Gasteiger partial charge in [0.15, 0.2) is 0 Å². The predicted molar refractivity (Wildman–Crippen MR) is 125 cm³/mol. The maximum Gasteiger partial charge on any atom is 0.343 e. The summed E-state index contributed by atoms with van der Waals surface area (Å²) in [6.45, 7) is 6.59. The summed E-state index contributed by atoms with van der Waals surface area (Å²) in [6.07, 6.45) is 12.0. The molecule has 0 saturated carbocycles. The highest BCUT2D eigenvalue weighted by molar-refractivity contribution is 5.91. The van der Waals surface area contributed by atoms with Gasteiger partial charge in [0.25, 0.3) is 0 Å². The minimum Gasteiger partial charge on any atom is -0.490 e. The minimum atomic E-state index is -0.341. The first-order chi connectivity index (χ1) is 14.7. The number of hydrogen-bond acceptors (Lipinski definition) is 3. The highest BCUT2D eigenvalue weighted by Gasteiger charge is 2.11. The largest absolute Gasteiger partial charge is 0.490 e. The number of carbonyl (C=O) groups excluding carboxylic acids is 1. The van der Waals surface area contributed by atoms with E-state index in [0.717, 1.165) is 25.0 Å². The highest BCUT2D eigenvalue weighted by Crippen LogP contribution is 2.20. The second kappa shape index (κ2) is 13.8. The van der Waals surface area contributed by atoms with Crippen molar-refractivity contribution < 1.29 is 14.3 Å². The van der Waals surface area contributed by atoms with Crippen molar-refractivity contribution in [2.24, 2.45) is 0 Å². The molecule has 0 N–H and O–H groups in total. The van der Waals surface area contributed by atoms with Crippen LogP contribution in [0.1, 0.15) is 94.5 Å². The zero-order valence-electron chi connectivity index (χ0n) is 19.0. The number of unbranched alkanes of at least 4 members (excludes halogenated alkanes) is 5. The fourth-order valence-electron chi connectivity index (χ4n) is 3.48. The molecule has 3 nitrogen and oxygen atoms in total. The monoisotopic (exact) mass is 410 g/mol. The smallest absolute Gasteiger partial charge is 0.343 e. The first-order valence-electron chi connectivity index (χ1n) is 11.7. The van der Waals surface area contributed by atoms with Gasteiger partial charge >= 0.3 is 5.97 Å². The number of aryl methyl sites for hydroxylation is 1. The Labute approximate surface area is 182 Å². The zero-order chi connectivity index (χ0) is 21.6. The van der Waals surface area contributed by atoms with Crippen LogP contribution in [0.5, 0.6) is 11.5 Å². The molecule has 0 aliphatic carbocycles. The molecule has 0 spiro atoms. The van der Waals surface area contributed by atoms with E-state index in [1.165, 1.54) is 50.5 Å². The van der Waals surface area contributed by atoms with Gasteiger partial charge in [0.1, 0.15) is 11.5 Å². The Morgan fingerprint density at radius 1 is 0.767 bits per heavy atom. The summed E-state index contributed by atoms with van der Waals surface area (Å²) in [5, 5.41) is 0. The number of hydrogen-bond donors (Lipinski definition) is 0. The topological polar surface area (TPSA) is 35.5 Å². The fraction of sp³-hybridized carbons (Fsp3) is 0.519. The van der Waals surface area contributed by atoms with Gasteiger partial charge in [-0.05, 0) is 74.1 Å². The third-order valence-corrected chi connectivity index (χ3v) is 5.43. The molecule has 0 aliphatic heterocycles. The lowest BCUT2D eigenvalue weighted by Gasteiger charge is -2.17. The van der Waals surface area contributed by atoms with Crippen molar-refractivity contribution in [2.45, 2.75) is 91.1 Å². The van der Waals surface area contributed by atoms with Crippen LogP contribution in [0.2, 0.25) is 0 Å². The molecule has 0 bridgehead atoms. The third kappa shape index (κ3) is 8.61. The Hall–Kier alpha value is -2.29. The number of benzene rings is 2. The van der Waals surface area contributed by atoms with Crippen molar-refractivity contribution in [3.63, 3.8) is 0 Å². The Balaban J connectivity index is 1.84. The first kappa shape index (κ1) is 24.0. The van der Waals surface area contributed by atoms with E-state index >= 15 is 0 Å². The van der Waals surface area contributed by atoms with Gasteiger partial charge < -0.3 is 9.47 Å². The summed E-state index contributed by atoms with van der Waals surface area (Å²) >= 11 is 0. The van der Waals surface area contributed by atoms with Crippen molar-refractivity contribution in [3.8, 4) is 11.5 Å². The molecule has 2 aromatic rings. The molecule has 0 fully saturated rings. The molecule has 164 valence electrons. The summed E-state index contributed by atoms with van der Waals surface area (Å²) in [5.74, 6) is 1.05. The molecule has 3 heteroatoms. The number of rotatable bonds is 14. The van der Waals surface area contributed by atoms with E-state index in [-0.39, 0.29) is 12.1 Å². The van der Waals surface area contributed by atoms with E-state index in [9.17, 15) is 4.79 Å². The van der Waals surface area contributed by atoms with Crippen molar-refractivity contribution in [3.05, 3.63) is 59.7 Å². The van der Waals surface area contributed by atoms with E-state index in [4.69, 9.17) is 9.47 Å². The summed E-state index contributed by atoms with van der Waals surface area (Å²) in [4.78, 5) is 12.4. The second-order valence-electron chi connectivity index (χ2n) is 8.01. The number of ether oxygens (including phenoxy) is 2. The molecule has 2 aromatic carbocycles. The van der Waals surface area contributed by atoms with Crippen molar-refractivity contribution in [1.29, 1.82) is 0 Å². The van der Waals surface area contributed by atoms with Crippen LogP contribution in [0.15, 0.2) is 48.5 Å². The van der Waals surface area contributed by atoms with E-state index in [0.29, 0.717) is 11.3 Å². The van der Waals surface area contributed by atoms with E-state index < -0.39 is 0 Å². The lowest BCUT2D eigenvalue weighted by molar-refractivity contribution is 0.0734. The summed E-state index contributed by atoms with van der Waals surface area (Å²) < 4.78 is 11.6. The van der Waals surface area contributed by atoms with Crippen LogP contribution in [0, 0.1) is 0 Å². The lowest BCUT2D eigenvalue weighted by atomic mass is 10.1. The van der Waals surface area contributed by atoms with Crippen LogP contribution in [0.4, 0.5) is 0 Å². The Morgan fingerprint density at radius 2 is 1.40 bits per heavy atom. The molecule has 0 aromatic heterocycles. The molecule has 0 amide bonds. The zero-order valence-corrected chi connectivity index (χ0v) is 19.0. The van der Waals surface area contributed by atoms with E-state index in [1.807, 2.05) is 36.4 Å². The lowest BCUT2D eigenvalue weighted by Crippen LogP contribution is -2.15. The van der Waals surface area contributed by atoms with Crippen LogP contribution in [0.25, 0.3) is 0 Å². The van der Waals surface area contributed by atoms with Gasteiger partial charge in [-0.1, -0.05) is 65.0 Å². The molecule has 1 unspecified atom stereocenters. The summed E-state index contributed by atoms with van der Waals surface area (Å²) in [6, 6.07) is 15.1. The van der Waals surface area contributed by atoms with Crippen LogP contribution in [0.3, 0.4) is 0 Å².